The number of anilines is 1. The number of benzene rings is 1. The van der Waals surface area contributed by atoms with Gasteiger partial charge in [0.15, 0.2) is 5.82 Å². The van der Waals surface area contributed by atoms with Gasteiger partial charge in [0.25, 0.3) is 5.56 Å². The highest BCUT2D eigenvalue weighted by molar-refractivity contribution is 5.32. The summed E-state index contributed by atoms with van der Waals surface area (Å²) in [6, 6.07) is 7.87. The van der Waals surface area contributed by atoms with Crippen LogP contribution < -0.4 is 15.6 Å². The van der Waals surface area contributed by atoms with Crippen LogP contribution in [0.1, 0.15) is 5.56 Å². The van der Waals surface area contributed by atoms with Gasteiger partial charge in [0, 0.05) is 26.0 Å². The van der Waals surface area contributed by atoms with E-state index in [2.05, 4.69) is 10.3 Å². The molecule has 19 heavy (non-hydrogen) atoms. The van der Waals surface area contributed by atoms with Crippen LogP contribution in [0.5, 0.6) is 5.75 Å². The van der Waals surface area contributed by atoms with Crippen LogP contribution >= 0.6 is 0 Å². The van der Waals surface area contributed by atoms with Gasteiger partial charge >= 0.3 is 0 Å². The van der Waals surface area contributed by atoms with Gasteiger partial charge in [0.1, 0.15) is 5.75 Å². The molecule has 1 N–H and O–H groups in total. The Bertz CT molecular complexity index is 590. The maximum atomic E-state index is 11.7. The Labute approximate surface area is 111 Å². The molecule has 5 nitrogen and oxygen atoms in total. The summed E-state index contributed by atoms with van der Waals surface area (Å²) < 4.78 is 6.60. The summed E-state index contributed by atoms with van der Waals surface area (Å²) in [5.74, 6) is 1.23. The highest BCUT2D eigenvalue weighted by Crippen LogP contribution is 2.11. The van der Waals surface area contributed by atoms with Crippen LogP contribution in [0.3, 0.4) is 0 Å². The van der Waals surface area contributed by atoms with E-state index in [0.29, 0.717) is 12.4 Å². The molecule has 0 amide bonds. The Morgan fingerprint density at radius 1 is 1.32 bits per heavy atom. The molecular weight excluding hydrogens is 242 g/mol. The van der Waals surface area contributed by atoms with E-state index in [0.717, 1.165) is 12.2 Å². The predicted octanol–water partition coefficient (Wildman–Crippen LogP) is 1.44. The van der Waals surface area contributed by atoms with Crippen LogP contribution in [-0.4, -0.2) is 23.2 Å². The highest BCUT2D eigenvalue weighted by atomic mass is 16.5. The fourth-order valence-corrected chi connectivity index (χ4v) is 1.74. The average Bonchev–Trinajstić information content (AvgIpc) is 2.44. The van der Waals surface area contributed by atoms with E-state index in [1.807, 2.05) is 24.3 Å². The smallest absolute Gasteiger partial charge is 0.293 e. The molecule has 1 aromatic carbocycles. The second-order valence-electron chi connectivity index (χ2n) is 4.22. The normalized spacial score (nSPS) is 10.2. The number of aromatic nitrogens is 2. The molecular formula is C14H17N3O2. The lowest BCUT2D eigenvalue weighted by Gasteiger charge is -2.06. The number of aryl methyl sites for hydroxylation is 1. The molecule has 0 aliphatic heterocycles. The minimum absolute atomic E-state index is 0.114. The third-order valence-electron chi connectivity index (χ3n) is 2.88. The zero-order valence-corrected chi connectivity index (χ0v) is 11.1. The maximum Gasteiger partial charge on any atom is 0.293 e. The van der Waals surface area contributed by atoms with Gasteiger partial charge in [-0.2, -0.15) is 0 Å². The van der Waals surface area contributed by atoms with E-state index in [9.17, 15) is 4.79 Å². The summed E-state index contributed by atoms with van der Waals surface area (Å²) in [4.78, 5) is 15.7. The fourth-order valence-electron chi connectivity index (χ4n) is 1.74. The van der Waals surface area contributed by atoms with E-state index < -0.39 is 0 Å². The van der Waals surface area contributed by atoms with E-state index in [1.54, 1.807) is 26.6 Å². The van der Waals surface area contributed by atoms with E-state index in [-0.39, 0.29) is 5.56 Å². The quantitative estimate of drug-likeness (QED) is 0.883. The van der Waals surface area contributed by atoms with Crippen molar-refractivity contribution < 1.29 is 4.74 Å². The Morgan fingerprint density at radius 3 is 2.74 bits per heavy atom. The largest absolute Gasteiger partial charge is 0.497 e. The molecule has 0 spiro atoms. The van der Waals surface area contributed by atoms with Crippen molar-refractivity contribution in [1.29, 1.82) is 0 Å². The van der Waals surface area contributed by atoms with Gasteiger partial charge < -0.3 is 14.6 Å². The second-order valence-corrected chi connectivity index (χ2v) is 4.22. The van der Waals surface area contributed by atoms with Gasteiger partial charge in [0.2, 0.25) is 0 Å². The molecule has 0 aliphatic carbocycles. The fraction of sp³-hybridized carbons (Fsp3) is 0.286. The molecule has 0 radical (unpaired) electrons. The third kappa shape index (κ3) is 3.34. The summed E-state index contributed by atoms with van der Waals surface area (Å²) in [6.07, 6.45) is 4.07. The van der Waals surface area contributed by atoms with E-state index >= 15 is 0 Å². The first-order chi connectivity index (χ1) is 9.20. The summed E-state index contributed by atoms with van der Waals surface area (Å²) in [7, 11) is 3.35. The minimum Gasteiger partial charge on any atom is -0.497 e. The summed E-state index contributed by atoms with van der Waals surface area (Å²) in [5, 5.41) is 3.06. The van der Waals surface area contributed by atoms with Crippen LogP contribution in [0, 0.1) is 0 Å². The highest BCUT2D eigenvalue weighted by Gasteiger charge is 2.01. The van der Waals surface area contributed by atoms with E-state index in [4.69, 9.17) is 4.74 Å². The van der Waals surface area contributed by atoms with Crippen molar-refractivity contribution in [3.8, 4) is 5.75 Å². The van der Waals surface area contributed by atoms with Gasteiger partial charge in [-0.3, -0.25) is 4.79 Å². The zero-order chi connectivity index (χ0) is 13.7. The van der Waals surface area contributed by atoms with Crippen molar-refractivity contribution in [2.45, 2.75) is 6.42 Å². The molecule has 0 saturated carbocycles. The lowest BCUT2D eigenvalue weighted by molar-refractivity contribution is 0.414. The summed E-state index contributed by atoms with van der Waals surface area (Å²) >= 11 is 0. The number of hydrogen-bond donors (Lipinski definition) is 1. The van der Waals surface area contributed by atoms with Crippen LogP contribution in [0.15, 0.2) is 41.5 Å². The molecule has 100 valence electrons. The number of methoxy groups -OCH3 is 1. The Kier molecular flexibility index (Phi) is 4.18. The molecule has 5 heteroatoms. The monoisotopic (exact) mass is 259 g/mol. The minimum atomic E-state index is -0.114. The Hall–Kier alpha value is -2.30. The second kappa shape index (κ2) is 6.04. The van der Waals surface area contributed by atoms with Crippen LogP contribution in [0.2, 0.25) is 0 Å². The molecule has 0 fully saturated rings. The molecule has 0 unspecified atom stereocenters. The standard InChI is InChI=1S/C14H17N3O2/c1-17-10-9-16-13(14(17)18)15-8-7-11-3-5-12(19-2)6-4-11/h3-6,9-10H,7-8H2,1-2H3,(H,15,16). The zero-order valence-electron chi connectivity index (χ0n) is 11.1. The van der Waals surface area contributed by atoms with Crippen molar-refractivity contribution in [2.75, 3.05) is 19.0 Å². The van der Waals surface area contributed by atoms with Crippen LogP contribution in [0.25, 0.3) is 0 Å². The number of nitrogens with one attached hydrogen (secondary N) is 1. The van der Waals surface area contributed by atoms with Crippen molar-refractivity contribution in [1.82, 2.24) is 9.55 Å². The van der Waals surface area contributed by atoms with Gasteiger partial charge in [-0.25, -0.2) is 4.98 Å². The van der Waals surface area contributed by atoms with Gasteiger partial charge in [-0.1, -0.05) is 12.1 Å². The summed E-state index contributed by atoms with van der Waals surface area (Å²) in [5.41, 5.74) is 1.07. The van der Waals surface area contributed by atoms with Gasteiger partial charge in [-0.15, -0.1) is 0 Å². The van der Waals surface area contributed by atoms with Crippen molar-refractivity contribution >= 4 is 5.82 Å². The van der Waals surface area contributed by atoms with Gasteiger partial charge in [-0.05, 0) is 24.1 Å². The molecule has 0 aliphatic rings. The van der Waals surface area contributed by atoms with Gasteiger partial charge in [0.05, 0.1) is 7.11 Å². The van der Waals surface area contributed by atoms with Crippen LogP contribution in [0.4, 0.5) is 5.82 Å². The lowest BCUT2D eigenvalue weighted by Crippen LogP contribution is -2.22. The average molecular weight is 259 g/mol. The van der Waals surface area contributed by atoms with E-state index in [1.165, 1.54) is 10.1 Å². The molecule has 1 aromatic heterocycles. The Balaban J connectivity index is 1.92. The van der Waals surface area contributed by atoms with Crippen LogP contribution in [-0.2, 0) is 13.5 Å². The molecule has 0 bridgehead atoms. The summed E-state index contributed by atoms with van der Waals surface area (Å²) in [6.45, 7) is 0.665. The first-order valence-corrected chi connectivity index (χ1v) is 6.09. The lowest BCUT2D eigenvalue weighted by atomic mass is 10.1. The Morgan fingerprint density at radius 2 is 2.05 bits per heavy atom. The topological polar surface area (TPSA) is 56.1 Å². The number of nitrogens with zero attached hydrogens (tertiary/aromatic N) is 2. The molecule has 1 heterocycles. The van der Waals surface area contributed by atoms with Crippen molar-refractivity contribution in [3.63, 3.8) is 0 Å². The molecule has 0 saturated heterocycles. The number of hydrogen-bond acceptors (Lipinski definition) is 4. The third-order valence-corrected chi connectivity index (χ3v) is 2.88. The first kappa shape index (κ1) is 13.1. The maximum absolute atomic E-state index is 11.7. The predicted molar refractivity (Wildman–Crippen MR) is 74.7 cm³/mol. The molecule has 0 atom stereocenters. The van der Waals surface area contributed by atoms with Crippen molar-refractivity contribution in [2.24, 2.45) is 7.05 Å². The molecule has 2 aromatic rings. The number of rotatable bonds is 5. The first-order valence-electron chi connectivity index (χ1n) is 6.09. The SMILES string of the molecule is COc1ccc(CCNc2nccn(C)c2=O)cc1. The number of ether oxygens (including phenoxy) is 1. The molecule has 2 rings (SSSR count). The van der Waals surface area contributed by atoms with Crippen molar-refractivity contribution in [3.05, 3.63) is 52.6 Å².